The van der Waals surface area contributed by atoms with Gasteiger partial charge < -0.3 is 9.67 Å². The molecule has 0 unspecified atom stereocenters. The van der Waals surface area contributed by atoms with Crippen molar-refractivity contribution in [2.45, 2.75) is 19.8 Å². The Labute approximate surface area is 98.5 Å². The van der Waals surface area contributed by atoms with Crippen molar-refractivity contribution in [2.75, 3.05) is 0 Å². The first-order valence-corrected chi connectivity index (χ1v) is 5.44. The second kappa shape index (κ2) is 3.87. The van der Waals surface area contributed by atoms with E-state index in [2.05, 4.69) is 0 Å². The molecule has 1 heterocycles. The molecule has 0 aliphatic heterocycles. The van der Waals surface area contributed by atoms with E-state index in [1.54, 1.807) is 11.6 Å². The maximum absolute atomic E-state index is 13.2. The van der Waals surface area contributed by atoms with Gasteiger partial charge in [0.15, 0.2) is 0 Å². The molecule has 1 aromatic carbocycles. The number of carboxylic acid groups (broad SMARTS) is 1. The van der Waals surface area contributed by atoms with Crippen molar-refractivity contribution in [3.05, 3.63) is 35.3 Å². The lowest BCUT2D eigenvalue weighted by molar-refractivity contribution is 0.0697. The monoisotopic (exact) mass is 235 g/mol. The molecule has 4 heteroatoms. The van der Waals surface area contributed by atoms with Crippen LogP contribution in [0.15, 0.2) is 18.2 Å². The molecule has 0 spiro atoms. The zero-order valence-electron chi connectivity index (χ0n) is 9.99. The third kappa shape index (κ3) is 1.69. The summed E-state index contributed by atoms with van der Waals surface area (Å²) in [5.74, 6) is -1.25. The van der Waals surface area contributed by atoms with Gasteiger partial charge in [0.05, 0.1) is 11.1 Å². The van der Waals surface area contributed by atoms with Gasteiger partial charge in [-0.3, -0.25) is 0 Å². The van der Waals surface area contributed by atoms with E-state index < -0.39 is 5.97 Å². The Hall–Kier alpha value is -1.84. The number of carboxylic acids is 1. The molecule has 90 valence electrons. The summed E-state index contributed by atoms with van der Waals surface area (Å²) in [7, 11) is 1.77. The van der Waals surface area contributed by atoms with Gasteiger partial charge in [0.1, 0.15) is 5.82 Å². The average Bonchev–Trinajstić information content (AvgIpc) is 2.52. The van der Waals surface area contributed by atoms with Crippen molar-refractivity contribution >= 4 is 16.9 Å². The van der Waals surface area contributed by atoms with Crippen molar-refractivity contribution in [3.8, 4) is 0 Å². The van der Waals surface area contributed by atoms with E-state index in [9.17, 15) is 14.3 Å². The second-order valence-electron chi connectivity index (χ2n) is 4.44. The second-order valence-corrected chi connectivity index (χ2v) is 4.44. The third-order valence-corrected chi connectivity index (χ3v) is 2.97. The molecule has 0 bridgehead atoms. The minimum absolute atomic E-state index is 0.0709. The molecule has 0 saturated heterocycles. The van der Waals surface area contributed by atoms with Gasteiger partial charge in [-0.15, -0.1) is 0 Å². The minimum Gasteiger partial charge on any atom is -0.478 e. The molecule has 17 heavy (non-hydrogen) atoms. The van der Waals surface area contributed by atoms with Crippen LogP contribution in [0.25, 0.3) is 10.9 Å². The van der Waals surface area contributed by atoms with E-state index in [-0.39, 0.29) is 17.3 Å². The van der Waals surface area contributed by atoms with Gasteiger partial charge in [0.25, 0.3) is 0 Å². The first-order chi connectivity index (χ1) is 7.93. The lowest BCUT2D eigenvalue weighted by Gasteiger charge is -2.08. The molecule has 3 nitrogen and oxygen atoms in total. The van der Waals surface area contributed by atoms with Gasteiger partial charge in [-0.2, -0.15) is 0 Å². The third-order valence-electron chi connectivity index (χ3n) is 2.97. The van der Waals surface area contributed by atoms with Crippen molar-refractivity contribution in [3.63, 3.8) is 0 Å². The molecule has 2 aromatic rings. The lowest BCUT2D eigenvalue weighted by Crippen LogP contribution is -2.05. The Bertz CT molecular complexity index is 599. The summed E-state index contributed by atoms with van der Waals surface area (Å²) in [5, 5.41) is 9.88. The van der Waals surface area contributed by atoms with Crippen molar-refractivity contribution in [1.29, 1.82) is 0 Å². The van der Waals surface area contributed by atoms with E-state index in [0.717, 1.165) is 5.69 Å². The molecule has 0 radical (unpaired) electrons. The Morgan fingerprint density at radius 2 is 2.06 bits per heavy atom. The summed E-state index contributed by atoms with van der Waals surface area (Å²) in [4.78, 5) is 11.3. The SMILES string of the molecule is CC(C)c1c(C(=O)O)c2ccc(F)cc2n1C. The van der Waals surface area contributed by atoms with Crippen molar-refractivity contribution in [2.24, 2.45) is 7.05 Å². The highest BCUT2D eigenvalue weighted by Gasteiger charge is 2.22. The van der Waals surface area contributed by atoms with Gasteiger partial charge in [-0.1, -0.05) is 13.8 Å². The van der Waals surface area contributed by atoms with E-state index in [0.29, 0.717) is 10.9 Å². The van der Waals surface area contributed by atoms with Gasteiger partial charge in [0, 0.05) is 18.1 Å². The average molecular weight is 235 g/mol. The Morgan fingerprint density at radius 3 is 2.59 bits per heavy atom. The number of aromatic carboxylic acids is 1. The number of aromatic nitrogens is 1. The number of benzene rings is 1. The normalized spacial score (nSPS) is 11.4. The van der Waals surface area contributed by atoms with Crippen LogP contribution in [0.5, 0.6) is 0 Å². The predicted molar refractivity (Wildman–Crippen MR) is 63.9 cm³/mol. The fourth-order valence-corrected chi connectivity index (χ4v) is 2.33. The molecular weight excluding hydrogens is 221 g/mol. The minimum atomic E-state index is -0.967. The zero-order valence-corrected chi connectivity index (χ0v) is 9.99. The molecule has 0 fully saturated rings. The van der Waals surface area contributed by atoms with Crippen LogP contribution < -0.4 is 0 Å². The van der Waals surface area contributed by atoms with Crippen molar-refractivity contribution < 1.29 is 14.3 Å². The largest absolute Gasteiger partial charge is 0.478 e. The van der Waals surface area contributed by atoms with Gasteiger partial charge in [-0.05, 0) is 24.1 Å². The number of rotatable bonds is 2. The van der Waals surface area contributed by atoms with Crippen LogP contribution in [0.1, 0.15) is 35.8 Å². The Kier molecular flexibility index (Phi) is 2.65. The number of hydrogen-bond acceptors (Lipinski definition) is 1. The molecule has 2 rings (SSSR count). The van der Waals surface area contributed by atoms with Crippen LogP contribution in [-0.4, -0.2) is 15.6 Å². The number of hydrogen-bond donors (Lipinski definition) is 1. The summed E-state index contributed by atoms with van der Waals surface area (Å²) in [6.07, 6.45) is 0. The Balaban J connectivity index is 2.93. The fourth-order valence-electron chi connectivity index (χ4n) is 2.33. The maximum atomic E-state index is 13.2. The van der Waals surface area contributed by atoms with Gasteiger partial charge >= 0.3 is 5.97 Å². The molecular formula is C13H14FNO2. The zero-order chi connectivity index (χ0) is 12.7. The molecule has 0 aliphatic rings. The topological polar surface area (TPSA) is 42.2 Å². The van der Waals surface area contributed by atoms with E-state index >= 15 is 0 Å². The fraction of sp³-hybridized carbons (Fsp3) is 0.308. The first kappa shape index (κ1) is 11.6. The summed E-state index contributed by atoms with van der Waals surface area (Å²) in [6, 6.07) is 4.19. The standard InChI is InChI=1S/C13H14FNO2/c1-7(2)12-11(13(16)17)9-5-4-8(14)6-10(9)15(12)3/h4-7H,1-3H3,(H,16,17). The van der Waals surface area contributed by atoms with Crippen LogP contribution in [0.3, 0.4) is 0 Å². The van der Waals surface area contributed by atoms with Gasteiger partial charge in [-0.25, -0.2) is 9.18 Å². The highest BCUT2D eigenvalue weighted by atomic mass is 19.1. The number of nitrogens with zero attached hydrogens (tertiary/aromatic N) is 1. The lowest BCUT2D eigenvalue weighted by atomic mass is 10.0. The van der Waals surface area contributed by atoms with Crippen LogP contribution in [0, 0.1) is 5.82 Å². The highest BCUT2D eigenvalue weighted by molar-refractivity contribution is 6.05. The number of halogens is 1. The smallest absolute Gasteiger partial charge is 0.338 e. The molecule has 1 N–H and O–H groups in total. The summed E-state index contributed by atoms with van der Waals surface area (Å²) in [6.45, 7) is 3.86. The number of aryl methyl sites for hydroxylation is 1. The van der Waals surface area contributed by atoms with Gasteiger partial charge in [0.2, 0.25) is 0 Å². The van der Waals surface area contributed by atoms with Crippen LogP contribution in [-0.2, 0) is 7.05 Å². The van der Waals surface area contributed by atoms with Crippen molar-refractivity contribution in [1.82, 2.24) is 4.57 Å². The van der Waals surface area contributed by atoms with E-state index in [1.807, 2.05) is 13.8 Å². The molecule has 1 aromatic heterocycles. The predicted octanol–water partition coefficient (Wildman–Crippen LogP) is 3.14. The van der Waals surface area contributed by atoms with E-state index in [4.69, 9.17) is 0 Å². The van der Waals surface area contributed by atoms with E-state index in [1.165, 1.54) is 18.2 Å². The molecule has 0 atom stereocenters. The summed E-state index contributed by atoms with van der Waals surface area (Å²) < 4.78 is 15.0. The first-order valence-electron chi connectivity index (χ1n) is 5.44. The molecule has 0 amide bonds. The molecule has 0 saturated carbocycles. The highest BCUT2D eigenvalue weighted by Crippen LogP contribution is 2.30. The summed E-state index contributed by atoms with van der Waals surface area (Å²) >= 11 is 0. The maximum Gasteiger partial charge on any atom is 0.338 e. The van der Waals surface area contributed by atoms with Crippen LogP contribution >= 0.6 is 0 Å². The number of carbonyl (C=O) groups is 1. The quantitative estimate of drug-likeness (QED) is 0.868. The molecule has 0 aliphatic carbocycles. The summed E-state index contributed by atoms with van der Waals surface area (Å²) in [5.41, 5.74) is 1.61. The number of fused-ring (bicyclic) bond motifs is 1. The van der Waals surface area contributed by atoms with Crippen LogP contribution in [0.2, 0.25) is 0 Å². The Morgan fingerprint density at radius 1 is 1.41 bits per heavy atom. The van der Waals surface area contributed by atoms with Crippen LogP contribution in [0.4, 0.5) is 4.39 Å².